The van der Waals surface area contributed by atoms with E-state index >= 15 is 0 Å². The first kappa shape index (κ1) is 12.0. The highest BCUT2D eigenvalue weighted by Gasteiger charge is 2.34. The molecule has 84 valence electrons. The highest BCUT2D eigenvalue weighted by molar-refractivity contribution is 5.95. The van der Waals surface area contributed by atoms with Crippen LogP contribution in [0.25, 0.3) is 0 Å². The van der Waals surface area contributed by atoms with Gasteiger partial charge in [-0.05, 0) is 24.6 Å². The van der Waals surface area contributed by atoms with Crippen molar-refractivity contribution >= 4 is 5.91 Å². The molecule has 3 nitrogen and oxygen atoms in total. The van der Waals surface area contributed by atoms with Crippen LogP contribution in [-0.4, -0.2) is 5.91 Å². The van der Waals surface area contributed by atoms with Gasteiger partial charge < -0.3 is 5.73 Å². The van der Waals surface area contributed by atoms with Crippen LogP contribution in [0.1, 0.15) is 27.0 Å². The monoisotopic (exact) mass is 228 g/mol. The molecule has 2 N–H and O–H groups in total. The molecule has 0 saturated carbocycles. The van der Waals surface area contributed by atoms with Crippen LogP contribution in [0.4, 0.5) is 13.2 Å². The third-order valence-corrected chi connectivity index (χ3v) is 2.15. The van der Waals surface area contributed by atoms with E-state index in [4.69, 9.17) is 11.0 Å². The lowest BCUT2D eigenvalue weighted by molar-refractivity contribution is -0.137. The average molecular weight is 228 g/mol. The number of hydrogen-bond acceptors (Lipinski definition) is 2. The Hall–Kier alpha value is -2.03. The van der Waals surface area contributed by atoms with Crippen molar-refractivity contribution in [3.05, 3.63) is 34.4 Å². The van der Waals surface area contributed by atoms with Crippen molar-refractivity contribution in [1.29, 1.82) is 5.26 Å². The smallest absolute Gasteiger partial charge is 0.366 e. The minimum atomic E-state index is -4.62. The molecule has 0 aliphatic heterocycles. The number of benzene rings is 1. The summed E-state index contributed by atoms with van der Waals surface area (Å²) < 4.78 is 37.4. The van der Waals surface area contributed by atoms with E-state index in [2.05, 4.69) is 0 Å². The molecule has 0 saturated heterocycles. The number of carbonyl (C=O) groups excluding carboxylic acids is 1. The summed E-state index contributed by atoms with van der Waals surface area (Å²) in [5.74, 6) is -0.859. The number of rotatable bonds is 1. The second-order valence-corrected chi connectivity index (χ2v) is 3.13. The number of nitriles is 1. The van der Waals surface area contributed by atoms with Crippen molar-refractivity contribution in [2.45, 2.75) is 13.1 Å². The van der Waals surface area contributed by atoms with Gasteiger partial charge in [0.15, 0.2) is 0 Å². The summed E-state index contributed by atoms with van der Waals surface area (Å²) in [6.07, 6.45) is -4.62. The second-order valence-electron chi connectivity index (χ2n) is 3.13. The molecule has 0 unspecified atom stereocenters. The van der Waals surface area contributed by atoms with Crippen LogP contribution < -0.4 is 5.73 Å². The fourth-order valence-electron chi connectivity index (χ4n) is 1.36. The Labute approximate surface area is 89.3 Å². The molecular formula is C10H7F3N2O. The number of alkyl halides is 3. The SMILES string of the molecule is Cc1c(C(N)=O)ccc(C(F)(F)F)c1C#N. The normalized spacial score (nSPS) is 10.9. The standard InChI is InChI=1S/C10H7F3N2O/c1-5-6(9(15)16)2-3-8(7(5)4-14)10(11,12)13/h2-3H,1H3,(H2,15,16). The second kappa shape index (κ2) is 3.85. The molecule has 0 spiro atoms. The van der Waals surface area contributed by atoms with Gasteiger partial charge in [-0.1, -0.05) is 0 Å². The fourth-order valence-corrected chi connectivity index (χ4v) is 1.36. The predicted molar refractivity (Wildman–Crippen MR) is 49.4 cm³/mol. The summed E-state index contributed by atoms with van der Waals surface area (Å²) in [7, 11) is 0. The van der Waals surface area contributed by atoms with Gasteiger partial charge in [-0.15, -0.1) is 0 Å². The van der Waals surface area contributed by atoms with Crippen molar-refractivity contribution in [3.8, 4) is 6.07 Å². The lowest BCUT2D eigenvalue weighted by Gasteiger charge is -2.12. The van der Waals surface area contributed by atoms with Crippen molar-refractivity contribution in [3.63, 3.8) is 0 Å². The molecule has 0 atom stereocenters. The average Bonchev–Trinajstić information content (AvgIpc) is 2.15. The number of primary amides is 1. The summed E-state index contributed by atoms with van der Waals surface area (Å²) in [5.41, 5.74) is 3.21. The van der Waals surface area contributed by atoms with Gasteiger partial charge in [-0.3, -0.25) is 4.79 Å². The van der Waals surface area contributed by atoms with E-state index in [0.717, 1.165) is 6.07 Å². The minimum absolute atomic E-state index is 0.0511. The number of hydrogen-bond donors (Lipinski definition) is 1. The zero-order chi connectivity index (χ0) is 12.5. The molecule has 0 aliphatic rings. The maximum Gasteiger partial charge on any atom is 0.417 e. The Kier molecular flexibility index (Phi) is 2.90. The van der Waals surface area contributed by atoms with E-state index in [-0.39, 0.29) is 11.1 Å². The molecule has 1 aromatic carbocycles. The minimum Gasteiger partial charge on any atom is -0.366 e. The van der Waals surface area contributed by atoms with E-state index in [9.17, 15) is 18.0 Å². The first-order chi connectivity index (χ1) is 7.29. The molecule has 6 heteroatoms. The van der Waals surface area contributed by atoms with Gasteiger partial charge in [0.2, 0.25) is 5.91 Å². The van der Waals surface area contributed by atoms with Crippen LogP contribution in [0.2, 0.25) is 0 Å². The topological polar surface area (TPSA) is 66.9 Å². The highest BCUT2D eigenvalue weighted by atomic mass is 19.4. The Morgan fingerprint density at radius 1 is 1.44 bits per heavy atom. The van der Waals surface area contributed by atoms with Crippen LogP contribution in [0.15, 0.2) is 12.1 Å². The van der Waals surface area contributed by atoms with E-state index < -0.39 is 23.2 Å². The number of nitrogens with two attached hydrogens (primary N) is 1. The number of halogens is 3. The van der Waals surface area contributed by atoms with Gasteiger partial charge in [-0.25, -0.2) is 0 Å². The predicted octanol–water partition coefficient (Wildman–Crippen LogP) is 1.98. The summed E-state index contributed by atoms with van der Waals surface area (Å²) >= 11 is 0. The molecule has 0 bridgehead atoms. The highest BCUT2D eigenvalue weighted by Crippen LogP contribution is 2.33. The molecule has 1 rings (SSSR count). The Morgan fingerprint density at radius 2 is 2.00 bits per heavy atom. The molecule has 0 aromatic heterocycles. The number of amides is 1. The Balaban J connectivity index is 3.56. The van der Waals surface area contributed by atoms with Gasteiger partial charge in [-0.2, -0.15) is 18.4 Å². The number of nitrogens with zero attached hydrogens (tertiary/aromatic N) is 1. The molecular weight excluding hydrogens is 221 g/mol. The van der Waals surface area contributed by atoms with Crippen LogP contribution >= 0.6 is 0 Å². The molecule has 0 aliphatic carbocycles. The third-order valence-electron chi connectivity index (χ3n) is 2.15. The lowest BCUT2D eigenvalue weighted by atomic mass is 9.97. The Bertz CT molecular complexity index is 486. The summed E-state index contributed by atoms with van der Waals surface area (Å²) in [4.78, 5) is 10.9. The molecule has 16 heavy (non-hydrogen) atoms. The molecule has 0 fully saturated rings. The number of carbonyl (C=O) groups is 1. The van der Waals surface area contributed by atoms with Gasteiger partial charge >= 0.3 is 6.18 Å². The van der Waals surface area contributed by atoms with E-state index in [1.54, 1.807) is 0 Å². The molecule has 0 radical (unpaired) electrons. The zero-order valence-corrected chi connectivity index (χ0v) is 8.22. The van der Waals surface area contributed by atoms with Crippen LogP contribution in [-0.2, 0) is 6.18 Å². The fraction of sp³-hybridized carbons (Fsp3) is 0.200. The summed E-state index contributed by atoms with van der Waals surface area (Å²) in [5, 5.41) is 8.67. The van der Waals surface area contributed by atoms with Crippen molar-refractivity contribution in [2.75, 3.05) is 0 Å². The van der Waals surface area contributed by atoms with Crippen molar-refractivity contribution in [2.24, 2.45) is 5.73 Å². The maximum atomic E-state index is 12.5. The molecule has 1 aromatic rings. The third kappa shape index (κ3) is 1.98. The van der Waals surface area contributed by atoms with E-state index in [1.807, 2.05) is 0 Å². The van der Waals surface area contributed by atoms with Gasteiger partial charge in [0.1, 0.15) is 6.07 Å². The quantitative estimate of drug-likeness (QED) is 0.798. The maximum absolute atomic E-state index is 12.5. The van der Waals surface area contributed by atoms with Crippen molar-refractivity contribution < 1.29 is 18.0 Å². The largest absolute Gasteiger partial charge is 0.417 e. The molecule has 0 heterocycles. The zero-order valence-electron chi connectivity index (χ0n) is 8.22. The lowest BCUT2D eigenvalue weighted by Crippen LogP contribution is -2.16. The van der Waals surface area contributed by atoms with Crippen LogP contribution in [0.3, 0.4) is 0 Å². The molecule has 1 amide bonds. The van der Waals surface area contributed by atoms with E-state index in [1.165, 1.54) is 13.0 Å². The van der Waals surface area contributed by atoms with Gasteiger partial charge in [0.05, 0.1) is 11.1 Å². The van der Waals surface area contributed by atoms with Crippen LogP contribution in [0.5, 0.6) is 0 Å². The van der Waals surface area contributed by atoms with E-state index in [0.29, 0.717) is 6.07 Å². The first-order valence-corrected chi connectivity index (χ1v) is 4.19. The summed E-state index contributed by atoms with van der Waals surface area (Å²) in [6.45, 7) is 1.26. The Morgan fingerprint density at radius 3 is 2.38 bits per heavy atom. The summed E-state index contributed by atoms with van der Waals surface area (Å²) in [6, 6.07) is 3.10. The van der Waals surface area contributed by atoms with Gasteiger partial charge in [0, 0.05) is 5.56 Å². The van der Waals surface area contributed by atoms with Crippen molar-refractivity contribution in [1.82, 2.24) is 0 Å². The first-order valence-electron chi connectivity index (χ1n) is 4.19. The van der Waals surface area contributed by atoms with Gasteiger partial charge in [0.25, 0.3) is 0 Å². The van der Waals surface area contributed by atoms with Crippen LogP contribution in [0, 0.1) is 18.3 Å².